The van der Waals surface area contributed by atoms with E-state index in [0.29, 0.717) is 11.5 Å². The maximum atomic E-state index is 12.5. The summed E-state index contributed by atoms with van der Waals surface area (Å²) in [4.78, 5) is 6.57. The molecule has 25 heavy (non-hydrogen) atoms. The van der Waals surface area contributed by atoms with Gasteiger partial charge in [-0.15, -0.1) is 24.8 Å². The van der Waals surface area contributed by atoms with Crippen LogP contribution in [0.5, 0.6) is 0 Å². The molecule has 1 aromatic carbocycles. The number of halogens is 5. The lowest BCUT2D eigenvalue weighted by atomic mass is 10.1. The van der Waals surface area contributed by atoms with Crippen LogP contribution in [0, 0.1) is 0 Å². The van der Waals surface area contributed by atoms with Gasteiger partial charge in [-0.1, -0.05) is 12.1 Å². The number of nitrogens with two attached hydrogens (primary N) is 1. The fraction of sp³-hybridized carbons (Fsp3) is 0.562. The first-order valence-electron chi connectivity index (χ1n) is 7.87. The van der Waals surface area contributed by atoms with E-state index in [4.69, 9.17) is 5.73 Å². The molecule has 1 heterocycles. The molecule has 1 aliphatic rings. The first kappa shape index (κ1) is 23.8. The Morgan fingerprint density at radius 1 is 1.12 bits per heavy atom. The zero-order valence-corrected chi connectivity index (χ0v) is 15.5. The number of nitrogens with zero attached hydrogens (tertiary/aromatic N) is 2. The van der Waals surface area contributed by atoms with Crippen molar-refractivity contribution in [3.63, 3.8) is 0 Å². The molecule has 0 amide bonds. The van der Waals surface area contributed by atoms with Gasteiger partial charge in [0.25, 0.3) is 0 Å². The van der Waals surface area contributed by atoms with Crippen molar-refractivity contribution >= 4 is 30.8 Å². The van der Waals surface area contributed by atoms with E-state index in [-0.39, 0.29) is 31.4 Å². The predicted octanol–water partition coefficient (Wildman–Crippen LogP) is 3.44. The fourth-order valence-corrected chi connectivity index (χ4v) is 2.56. The minimum Gasteiger partial charge on any atom is -0.370 e. The summed E-state index contributed by atoms with van der Waals surface area (Å²) >= 11 is 0. The standard InChI is InChI=1S/C16H23F3N4.2ClH/c17-16(18,19)14-6-4-13(5-7-14)12-22-15(20)21-8-3-11-23-9-1-2-10-23;;/h4-7H,1-3,8-12H2,(H3,20,21,22);2*1H. The van der Waals surface area contributed by atoms with Gasteiger partial charge in [-0.05, 0) is 56.6 Å². The van der Waals surface area contributed by atoms with Crippen LogP contribution in [0.1, 0.15) is 30.4 Å². The lowest BCUT2D eigenvalue weighted by molar-refractivity contribution is -0.137. The highest BCUT2D eigenvalue weighted by Crippen LogP contribution is 2.29. The molecule has 144 valence electrons. The molecule has 0 aliphatic carbocycles. The van der Waals surface area contributed by atoms with Crippen LogP contribution >= 0.6 is 24.8 Å². The number of hydrogen-bond acceptors (Lipinski definition) is 2. The Morgan fingerprint density at radius 2 is 1.72 bits per heavy atom. The lowest BCUT2D eigenvalue weighted by Crippen LogP contribution is -2.34. The normalized spacial score (nSPS) is 15.4. The van der Waals surface area contributed by atoms with Crippen molar-refractivity contribution in [1.29, 1.82) is 0 Å². The largest absolute Gasteiger partial charge is 0.416 e. The Balaban J connectivity index is 0.00000288. The van der Waals surface area contributed by atoms with Crippen LogP contribution in [-0.4, -0.2) is 37.0 Å². The van der Waals surface area contributed by atoms with Crippen molar-refractivity contribution in [3.8, 4) is 0 Å². The highest BCUT2D eigenvalue weighted by atomic mass is 35.5. The second-order valence-corrected chi connectivity index (χ2v) is 5.73. The predicted molar refractivity (Wildman–Crippen MR) is 99.6 cm³/mol. The van der Waals surface area contributed by atoms with Crippen LogP contribution < -0.4 is 11.1 Å². The van der Waals surface area contributed by atoms with Gasteiger partial charge in [-0.25, -0.2) is 4.99 Å². The van der Waals surface area contributed by atoms with Crippen molar-refractivity contribution in [3.05, 3.63) is 35.4 Å². The van der Waals surface area contributed by atoms with Crippen molar-refractivity contribution in [2.24, 2.45) is 10.7 Å². The van der Waals surface area contributed by atoms with Crippen molar-refractivity contribution < 1.29 is 13.2 Å². The quantitative estimate of drug-likeness (QED) is 0.436. The Bertz CT molecular complexity index is 515. The number of hydrogen-bond donors (Lipinski definition) is 2. The molecule has 0 saturated carbocycles. The molecule has 0 radical (unpaired) electrons. The third-order valence-corrected chi connectivity index (χ3v) is 3.87. The Hall–Kier alpha value is -1.18. The van der Waals surface area contributed by atoms with E-state index in [0.717, 1.165) is 31.6 Å². The van der Waals surface area contributed by atoms with Crippen LogP contribution in [0.3, 0.4) is 0 Å². The summed E-state index contributed by atoms with van der Waals surface area (Å²) in [5.41, 5.74) is 5.80. The van der Waals surface area contributed by atoms with Gasteiger partial charge in [0.05, 0.1) is 12.1 Å². The molecule has 1 aromatic rings. The Kier molecular flexibility index (Phi) is 10.9. The number of benzene rings is 1. The first-order chi connectivity index (χ1) is 10.9. The maximum absolute atomic E-state index is 12.5. The minimum absolute atomic E-state index is 0. The molecule has 0 atom stereocenters. The van der Waals surface area contributed by atoms with E-state index in [9.17, 15) is 13.2 Å². The molecule has 4 nitrogen and oxygen atoms in total. The molecule has 0 spiro atoms. The molecule has 1 fully saturated rings. The number of guanidine groups is 1. The van der Waals surface area contributed by atoms with E-state index in [1.54, 1.807) is 0 Å². The summed E-state index contributed by atoms with van der Waals surface area (Å²) in [7, 11) is 0. The molecule has 0 aromatic heterocycles. The van der Waals surface area contributed by atoms with Gasteiger partial charge in [-0.3, -0.25) is 0 Å². The highest BCUT2D eigenvalue weighted by Gasteiger charge is 2.29. The van der Waals surface area contributed by atoms with E-state index in [1.165, 1.54) is 38.1 Å². The molecule has 0 unspecified atom stereocenters. The average Bonchev–Trinajstić information content (AvgIpc) is 3.02. The topological polar surface area (TPSA) is 53.6 Å². The van der Waals surface area contributed by atoms with Gasteiger partial charge in [0.15, 0.2) is 5.96 Å². The van der Waals surface area contributed by atoms with Crippen LogP contribution in [0.15, 0.2) is 29.3 Å². The molecule has 1 saturated heterocycles. The maximum Gasteiger partial charge on any atom is 0.416 e. The monoisotopic (exact) mass is 400 g/mol. The van der Waals surface area contributed by atoms with E-state index in [2.05, 4.69) is 15.2 Å². The number of alkyl halides is 3. The number of rotatable bonds is 6. The molecule has 2 rings (SSSR count). The zero-order chi connectivity index (χ0) is 16.7. The summed E-state index contributed by atoms with van der Waals surface area (Å²) in [5, 5.41) is 3.03. The SMILES string of the molecule is Cl.Cl.NC(=NCc1ccc(C(F)(F)F)cc1)NCCCN1CCCC1. The molecular weight excluding hydrogens is 376 g/mol. The van der Waals surface area contributed by atoms with E-state index < -0.39 is 11.7 Å². The van der Waals surface area contributed by atoms with Gasteiger partial charge in [0.1, 0.15) is 0 Å². The van der Waals surface area contributed by atoms with Crippen molar-refractivity contribution in [1.82, 2.24) is 10.2 Å². The van der Waals surface area contributed by atoms with Gasteiger partial charge in [0, 0.05) is 6.54 Å². The number of aliphatic imine (C=N–C) groups is 1. The Labute approximate surface area is 158 Å². The van der Waals surface area contributed by atoms with Crippen molar-refractivity contribution in [2.45, 2.75) is 32.0 Å². The molecule has 1 aliphatic heterocycles. The smallest absolute Gasteiger partial charge is 0.370 e. The number of likely N-dealkylation sites (tertiary alicyclic amines) is 1. The van der Waals surface area contributed by atoms with E-state index in [1.807, 2.05) is 0 Å². The number of nitrogens with one attached hydrogen (secondary N) is 1. The second-order valence-electron chi connectivity index (χ2n) is 5.73. The lowest BCUT2D eigenvalue weighted by Gasteiger charge is -2.14. The molecule has 0 bridgehead atoms. The van der Waals surface area contributed by atoms with Crippen LogP contribution in [-0.2, 0) is 12.7 Å². The van der Waals surface area contributed by atoms with Crippen molar-refractivity contribution in [2.75, 3.05) is 26.2 Å². The first-order valence-corrected chi connectivity index (χ1v) is 7.87. The van der Waals surface area contributed by atoms with Gasteiger partial charge in [0.2, 0.25) is 0 Å². The fourth-order valence-electron chi connectivity index (χ4n) is 2.56. The third-order valence-electron chi connectivity index (χ3n) is 3.87. The summed E-state index contributed by atoms with van der Waals surface area (Å²) in [6.07, 6.45) is -0.747. The van der Waals surface area contributed by atoms with Gasteiger partial charge in [-0.2, -0.15) is 13.2 Å². The summed E-state index contributed by atoms with van der Waals surface area (Å²) < 4.78 is 37.4. The third kappa shape index (κ3) is 8.65. The molecule has 9 heteroatoms. The molecule has 3 N–H and O–H groups in total. The van der Waals surface area contributed by atoms with Gasteiger partial charge >= 0.3 is 6.18 Å². The highest BCUT2D eigenvalue weighted by molar-refractivity contribution is 5.85. The summed E-state index contributed by atoms with van der Waals surface area (Å²) in [5.74, 6) is 0.325. The van der Waals surface area contributed by atoms with Gasteiger partial charge < -0.3 is 16.0 Å². The summed E-state index contributed by atoms with van der Waals surface area (Å²) in [6.45, 7) is 4.43. The van der Waals surface area contributed by atoms with Crippen LogP contribution in [0.25, 0.3) is 0 Å². The average molecular weight is 401 g/mol. The zero-order valence-electron chi connectivity index (χ0n) is 13.9. The summed E-state index contributed by atoms with van der Waals surface area (Å²) in [6, 6.07) is 4.97. The molecular formula is C16H25Cl2F3N4. The Morgan fingerprint density at radius 3 is 2.28 bits per heavy atom. The van der Waals surface area contributed by atoms with Crippen LogP contribution in [0.2, 0.25) is 0 Å². The second kappa shape index (κ2) is 11.4. The van der Waals surface area contributed by atoms with Crippen LogP contribution in [0.4, 0.5) is 13.2 Å². The minimum atomic E-state index is -4.31. The van der Waals surface area contributed by atoms with E-state index >= 15 is 0 Å².